The summed E-state index contributed by atoms with van der Waals surface area (Å²) < 4.78 is 39.5. The number of halogens is 1. The number of carboxylic acids is 1. The Morgan fingerprint density at radius 2 is 1.95 bits per heavy atom. The van der Waals surface area contributed by atoms with Gasteiger partial charge in [0.25, 0.3) is 0 Å². The molecule has 0 saturated heterocycles. The Labute approximate surface area is 120 Å². The molecule has 112 valence electrons. The third kappa shape index (κ3) is 3.47. The van der Waals surface area contributed by atoms with Gasteiger partial charge in [-0.15, -0.1) is 0 Å². The molecule has 0 amide bonds. The molecule has 2 aromatic rings. The number of aromatic carboxylic acids is 1. The van der Waals surface area contributed by atoms with Gasteiger partial charge in [-0.05, 0) is 30.7 Å². The van der Waals surface area contributed by atoms with E-state index >= 15 is 0 Å². The van der Waals surface area contributed by atoms with Gasteiger partial charge in [-0.3, -0.25) is 0 Å². The van der Waals surface area contributed by atoms with E-state index in [1.54, 1.807) is 6.92 Å². The first-order valence-corrected chi connectivity index (χ1v) is 7.47. The smallest absolute Gasteiger partial charge is 0.352 e. The molecule has 6 nitrogen and oxygen atoms in total. The molecular formula is C13H13FN2O4S. The molecule has 0 radical (unpaired) electrons. The van der Waals surface area contributed by atoms with Crippen LogP contribution in [0, 0.1) is 5.82 Å². The first-order chi connectivity index (χ1) is 9.79. The SMILES string of the molecule is C[C@@H](NS(=O)(=O)c1c[nH]c(C(=O)O)c1)c1ccc(F)cc1. The summed E-state index contributed by atoms with van der Waals surface area (Å²) in [6.45, 7) is 1.61. The van der Waals surface area contributed by atoms with Gasteiger partial charge in [-0.25, -0.2) is 22.3 Å². The van der Waals surface area contributed by atoms with Gasteiger partial charge in [0.1, 0.15) is 16.4 Å². The van der Waals surface area contributed by atoms with Crippen molar-refractivity contribution in [2.24, 2.45) is 0 Å². The van der Waals surface area contributed by atoms with Gasteiger partial charge < -0.3 is 10.1 Å². The Balaban J connectivity index is 2.20. The molecule has 8 heteroatoms. The van der Waals surface area contributed by atoms with E-state index in [4.69, 9.17) is 5.11 Å². The van der Waals surface area contributed by atoms with Crippen LogP contribution < -0.4 is 4.72 Å². The molecule has 0 fully saturated rings. The van der Waals surface area contributed by atoms with Crippen LogP contribution in [0.25, 0.3) is 0 Å². The molecule has 0 aliphatic rings. The highest BCUT2D eigenvalue weighted by Crippen LogP contribution is 2.18. The van der Waals surface area contributed by atoms with Crippen LogP contribution in [0.3, 0.4) is 0 Å². The van der Waals surface area contributed by atoms with E-state index in [1.807, 2.05) is 0 Å². The average molecular weight is 312 g/mol. The van der Waals surface area contributed by atoms with Crippen LogP contribution >= 0.6 is 0 Å². The molecule has 0 saturated carbocycles. The number of nitrogens with one attached hydrogen (secondary N) is 2. The monoisotopic (exact) mass is 312 g/mol. The lowest BCUT2D eigenvalue weighted by molar-refractivity contribution is 0.0691. The molecule has 0 aliphatic carbocycles. The lowest BCUT2D eigenvalue weighted by atomic mass is 10.1. The Hall–Kier alpha value is -2.19. The topological polar surface area (TPSA) is 99.3 Å². The van der Waals surface area contributed by atoms with Gasteiger partial charge in [-0.2, -0.15) is 0 Å². The highest BCUT2D eigenvalue weighted by molar-refractivity contribution is 7.89. The molecule has 0 unspecified atom stereocenters. The zero-order valence-corrected chi connectivity index (χ0v) is 11.8. The summed E-state index contributed by atoms with van der Waals surface area (Å²) in [6.07, 6.45) is 1.10. The summed E-state index contributed by atoms with van der Waals surface area (Å²) in [7, 11) is -3.87. The van der Waals surface area contributed by atoms with E-state index in [0.29, 0.717) is 5.56 Å². The maximum absolute atomic E-state index is 12.8. The average Bonchev–Trinajstić information content (AvgIpc) is 2.89. The minimum Gasteiger partial charge on any atom is -0.477 e. The molecule has 2 rings (SSSR count). The van der Waals surface area contributed by atoms with Gasteiger partial charge in [0.2, 0.25) is 10.0 Å². The van der Waals surface area contributed by atoms with E-state index < -0.39 is 27.9 Å². The second-order valence-corrected chi connectivity index (χ2v) is 6.16. The first kappa shape index (κ1) is 15.2. The highest BCUT2D eigenvalue weighted by atomic mass is 32.2. The number of carboxylic acid groups (broad SMARTS) is 1. The summed E-state index contributed by atoms with van der Waals surface area (Å²) in [4.78, 5) is 12.9. The lowest BCUT2D eigenvalue weighted by Gasteiger charge is -2.13. The summed E-state index contributed by atoms with van der Waals surface area (Å²) in [5.74, 6) is -1.66. The van der Waals surface area contributed by atoms with Gasteiger partial charge in [0, 0.05) is 12.2 Å². The Bertz CT molecular complexity index is 753. The molecular weight excluding hydrogens is 299 g/mol. The minimum absolute atomic E-state index is 0.172. The molecule has 1 aromatic carbocycles. The quantitative estimate of drug-likeness (QED) is 0.785. The molecule has 3 N–H and O–H groups in total. The van der Waals surface area contributed by atoms with Crippen LogP contribution in [0.4, 0.5) is 4.39 Å². The number of aromatic amines is 1. The predicted octanol–water partition coefficient (Wildman–Crippen LogP) is 1.89. The van der Waals surface area contributed by atoms with Crippen molar-refractivity contribution in [2.75, 3.05) is 0 Å². The van der Waals surface area contributed by atoms with Crippen molar-refractivity contribution in [1.82, 2.24) is 9.71 Å². The van der Waals surface area contributed by atoms with Gasteiger partial charge in [-0.1, -0.05) is 12.1 Å². The fraction of sp³-hybridized carbons (Fsp3) is 0.154. The molecule has 1 aromatic heterocycles. The fourth-order valence-electron chi connectivity index (χ4n) is 1.77. The van der Waals surface area contributed by atoms with Crippen molar-refractivity contribution in [2.45, 2.75) is 17.9 Å². The molecule has 0 spiro atoms. The molecule has 0 bridgehead atoms. The zero-order chi connectivity index (χ0) is 15.6. The van der Waals surface area contributed by atoms with Crippen molar-refractivity contribution >= 4 is 16.0 Å². The number of hydrogen-bond donors (Lipinski definition) is 3. The normalized spacial score (nSPS) is 13.0. The number of H-pyrrole nitrogens is 1. The Morgan fingerprint density at radius 1 is 1.33 bits per heavy atom. The summed E-state index contributed by atoms with van der Waals surface area (Å²) in [6, 6.07) is 5.86. The minimum atomic E-state index is -3.87. The van der Waals surface area contributed by atoms with Gasteiger partial charge in [0.05, 0.1) is 0 Å². The third-order valence-corrected chi connectivity index (χ3v) is 4.42. The predicted molar refractivity (Wildman–Crippen MR) is 72.9 cm³/mol. The largest absolute Gasteiger partial charge is 0.477 e. The number of sulfonamides is 1. The van der Waals surface area contributed by atoms with Crippen LogP contribution in [-0.2, 0) is 10.0 Å². The van der Waals surface area contributed by atoms with Crippen molar-refractivity contribution in [3.63, 3.8) is 0 Å². The molecule has 1 atom stereocenters. The maximum atomic E-state index is 12.8. The highest BCUT2D eigenvalue weighted by Gasteiger charge is 2.21. The Morgan fingerprint density at radius 3 is 2.48 bits per heavy atom. The molecule has 21 heavy (non-hydrogen) atoms. The fourth-order valence-corrected chi connectivity index (χ4v) is 3.00. The number of carbonyl (C=O) groups is 1. The van der Waals surface area contributed by atoms with E-state index in [1.165, 1.54) is 24.3 Å². The van der Waals surface area contributed by atoms with Crippen LogP contribution in [0.5, 0.6) is 0 Å². The van der Waals surface area contributed by atoms with Crippen molar-refractivity contribution in [1.29, 1.82) is 0 Å². The van der Waals surface area contributed by atoms with Crippen LogP contribution in [0.15, 0.2) is 41.4 Å². The van der Waals surface area contributed by atoms with E-state index in [0.717, 1.165) is 12.3 Å². The molecule has 1 heterocycles. The standard InChI is InChI=1S/C13H13FN2O4S/c1-8(9-2-4-10(14)5-3-9)16-21(19,20)11-6-12(13(17)18)15-7-11/h2-8,15-16H,1H3,(H,17,18)/t8-/m1/s1. The Kier molecular flexibility index (Phi) is 4.10. The zero-order valence-electron chi connectivity index (χ0n) is 11.0. The van der Waals surface area contributed by atoms with Crippen molar-refractivity contribution < 1.29 is 22.7 Å². The number of aromatic nitrogens is 1. The number of rotatable bonds is 5. The summed E-state index contributed by atoms with van der Waals surface area (Å²) >= 11 is 0. The van der Waals surface area contributed by atoms with Gasteiger partial charge >= 0.3 is 5.97 Å². The second-order valence-electron chi connectivity index (χ2n) is 4.45. The second kappa shape index (κ2) is 5.66. The van der Waals surface area contributed by atoms with E-state index in [-0.39, 0.29) is 10.6 Å². The number of benzene rings is 1. The molecule has 0 aliphatic heterocycles. The van der Waals surface area contributed by atoms with Gasteiger partial charge in [0.15, 0.2) is 0 Å². The van der Waals surface area contributed by atoms with Crippen molar-refractivity contribution in [3.8, 4) is 0 Å². The van der Waals surface area contributed by atoms with Crippen LogP contribution in [0.2, 0.25) is 0 Å². The van der Waals surface area contributed by atoms with Crippen LogP contribution in [0.1, 0.15) is 29.0 Å². The van der Waals surface area contributed by atoms with Crippen LogP contribution in [-0.4, -0.2) is 24.5 Å². The summed E-state index contributed by atoms with van der Waals surface area (Å²) in [5, 5.41) is 8.77. The number of hydrogen-bond acceptors (Lipinski definition) is 3. The van der Waals surface area contributed by atoms with Crippen molar-refractivity contribution in [3.05, 3.63) is 53.6 Å². The lowest BCUT2D eigenvalue weighted by Crippen LogP contribution is -2.26. The maximum Gasteiger partial charge on any atom is 0.352 e. The summed E-state index contributed by atoms with van der Waals surface area (Å²) in [5.41, 5.74) is 0.374. The van der Waals surface area contributed by atoms with E-state index in [9.17, 15) is 17.6 Å². The third-order valence-electron chi connectivity index (χ3n) is 2.90. The van der Waals surface area contributed by atoms with E-state index in [2.05, 4.69) is 9.71 Å². The first-order valence-electron chi connectivity index (χ1n) is 5.99.